The Morgan fingerprint density at radius 2 is 1.85 bits per heavy atom. The summed E-state index contributed by atoms with van der Waals surface area (Å²) in [6.45, 7) is 5.58. The van der Waals surface area contributed by atoms with Crippen molar-refractivity contribution in [2.75, 3.05) is 45.6 Å². The monoisotopic (exact) mass is 204 g/mol. The highest BCUT2D eigenvalue weighted by atomic mass is 32.1. The molecule has 0 bridgehead atoms. The summed E-state index contributed by atoms with van der Waals surface area (Å²) >= 11 is 4.20. The van der Waals surface area contributed by atoms with Crippen LogP contribution in [0.2, 0.25) is 0 Å². The Hall–Kier alpha value is 0.230. The molecule has 0 aromatic carbocycles. The highest BCUT2D eigenvalue weighted by Gasteiger charge is 2.15. The fourth-order valence-electron chi connectivity index (χ4n) is 1.58. The van der Waals surface area contributed by atoms with Crippen molar-refractivity contribution in [1.29, 1.82) is 0 Å². The fraction of sp³-hybridized carbons (Fsp3) is 1.00. The third kappa shape index (κ3) is 4.31. The van der Waals surface area contributed by atoms with Crippen LogP contribution in [0.3, 0.4) is 0 Å². The van der Waals surface area contributed by atoms with Gasteiger partial charge in [0.2, 0.25) is 0 Å². The van der Waals surface area contributed by atoms with Crippen molar-refractivity contribution >= 4 is 12.6 Å². The molecule has 1 fully saturated rings. The van der Waals surface area contributed by atoms with E-state index in [0.29, 0.717) is 0 Å². The summed E-state index contributed by atoms with van der Waals surface area (Å²) < 4.78 is 0. The number of thiol groups is 1. The van der Waals surface area contributed by atoms with Crippen LogP contribution in [0.4, 0.5) is 0 Å². The van der Waals surface area contributed by atoms with Gasteiger partial charge in [-0.2, -0.15) is 17.7 Å². The molecule has 13 heavy (non-hydrogen) atoms. The van der Waals surface area contributed by atoms with Gasteiger partial charge in [-0.15, -0.1) is 0 Å². The lowest BCUT2D eigenvalue weighted by atomic mass is 10.3. The van der Waals surface area contributed by atoms with E-state index in [1.54, 1.807) is 7.11 Å². The molecule has 1 heterocycles. The second-order valence-corrected chi connectivity index (χ2v) is 3.83. The largest absolute Gasteiger partial charge is 0.302 e. The smallest absolute Gasteiger partial charge is 0.0575 e. The Morgan fingerprint density at radius 3 is 2.38 bits per heavy atom. The quantitative estimate of drug-likeness (QED) is 0.529. The van der Waals surface area contributed by atoms with Gasteiger partial charge in [0, 0.05) is 26.2 Å². The first-order valence-corrected chi connectivity index (χ1v) is 5.62. The third-order valence-corrected chi connectivity index (χ3v) is 2.79. The molecule has 0 atom stereocenters. The number of hydrogen-bond acceptors (Lipinski definition) is 4. The van der Waals surface area contributed by atoms with Crippen LogP contribution >= 0.6 is 12.6 Å². The summed E-state index contributed by atoms with van der Waals surface area (Å²) in [5.41, 5.74) is 0. The van der Waals surface area contributed by atoms with Crippen LogP contribution in [0.25, 0.3) is 0 Å². The fourth-order valence-corrected chi connectivity index (χ4v) is 1.81. The maximum atomic E-state index is 5.16. The first-order valence-electron chi connectivity index (χ1n) is 4.99. The van der Waals surface area contributed by atoms with Crippen LogP contribution in [0.15, 0.2) is 0 Å². The molecular formula is C9H20N2OS. The average Bonchev–Trinajstić information content (AvgIpc) is 2.19. The number of hydrogen-bond donors (Lipinski definition) is 1. The van der Waals surface area contributed by atoms with Crippen molar-refractivity contribution in [3.05, 3.63) is 0 Å². The van der Waals surface area contributed by atoms with Crippen molar-refractivity contribution in [3.8, 4) is 0 Å². The molecule has 0 aliphatic carbocycles. The summed E-state index contributed by atoms with van der Waals surface area (Å²) in [7, 11) is 1.75. The lowest BCUT2D eigenvalue weighted by molar-refractivity contribution is -0.151. The van der Waals surface area contributed by atoms with Crippen LogP contribution in [-0.2, 0) is 4.84 Å². The van der Waals surface area contributed by atoms with Crippen LogP contribution < -0.4 is 0 Å². The number of nitrogens with zero attached hydrogens (tertiary/aromatic N) is 2. The Morgan fingerprint density at radius 1 is 1.15 bits per heavy atom. The zero-order valence-electron chi connectivity index (χ0n) is 8.41. The first-order chi connectivity index (χ1) is 6.36. The summed E-state index contributed by atoms with van der Waals surface area (Å²) in [5.74, 6) is 1.01. The molecule has 0 radical (unpaired) electrons. The van der Waals surface area contributed by atoms with E-state index >= 15 is 0 Å². The Kier molecular flexibility index (Phi) is 5.78. The first kappa shape index (κ1) is 11.3. The zero-order chi connectivity index (χ0) is 9.52. The summed E-state index contributed by atoms with van der Waals surface area (Å²) in [5, 5.41) is 2.02. The van der Waals surface area contributed by atoms with E-state index in [4.69, 9.17) is 4.84 Å². The van der Waals surface area contributed by atoms with E-state index in [9.17, 15) is 0 Å². The predicted octanol–water partition coefficient (Wildman–Crippen LogP) is 0.875. The van der Waals surface area contributed by atoms with Gasteiger partial charge in [0.05, 0.1) is 7.11 Å². The second kappa shape index (κ2) is 6.65. The molecule has 1 saturated heterocycles. The summed E-state index contributed by atoms with van der Waals surface area (Å²) in [6.07, 6.45) is 2.50. The highest BCUT2D eigenvalue weighted by molar-refractivity contribution is 7.80. The van der Waals surface area contributed by atoms with Crippen LogP contribution in [0, 0.1) is 0 Å². The van der Waals surface area contributed by atoms with Gasteiger partial charge in [-0.1, -0.05) is 0 Å². The maximum Gasteiger partial charge on any atom is 0.0575 e. The van der Waals surface area contributed by atoms with Gasteiger partial charge in [0.1, 0.15) is 0 Å². The molecule has 1 rings (SSSR count). The Balaban J connectivity index is 2.03. The molecule has 1 aliphatic rings. The Labute approximate surface area is 86.4 Å². The van der Waals surface area contributed by atoms with Crippen molar-refractivity contribution < 1.29 is 4.84 Å². The van der Waals surface area contributed by atoms with Gasteiger partial charge in [0.15, 0.2) is 0 Å². The summed E-state index contributed by atoms with van der Waals surface area (Å²) in [4.78, 5) is 7.66. The average molecular weight is 204 g/mol. The van der Waals surface area contributed by atoms with Crippen molar-refractivity contribution in [2.24, 2.45) is 0 Å². The summed E-state index contributed by atoms with van der Waals surface area (Å²) in [6, 6.07) is 0. The van der Waals surface area contributed by atoms with Crippen LogP contribution in [0.1, 0.15) is 12.8 Å². The second-order valence-electron chi connectivity index (χ2n) is 3.38. The molecule has 0 aromatic heterocycles. The van der Waals surface area contributed by atoms with Crippen LogP contribution in [-0.4, -0.2) is 55.5 Å². The molecule has 0 amide bonds. The highest BCUT2D eigenvalue weighted by Crippen LogP contribution is 2.03. The van der Waals surface area contributed by atoms with E-state index < -0.39 is 0 Å². The molecular weight excluding hydrogens is 184 g/mol. The van der Waals surface area contributed by atoms with Gasteiger partial charge in [-0.3, -0.25) is 0 Å². The van der Waals surface area contributed by atoms with E-state index in [1.807, 2.05) is 5.06 Å². The molecule has 0 saturated carbocycles. The number of piperazine rings is 1. The van der Waals surface area contributed by atoms with Crippen molar-refractivity contribution in [1.82, 2.24) is 9.96 Å². The van der Waals surface area contributed by atoms with E-state index in [0.717, 1.165) is 31.9 Å². The predicted molar refractivity (Wildman–Crippen MR) is 58.1 cm³/mol. The zero-order valence-corrected chi connectivity index (χ0v) is 9.30. The number of rotatable bonds is 5. The van der Waals surface area contributed by atoms with Gasteiger partial charge >= 0.3 is 0 Å². The number of unbranched alkanes of at least 4 members (excludes halogenated alkanes) is 1. The minimum Gasteiger partial charge on any atom is -0.302 e. The molecule has 0 N–H and O–H groups in total. The normalized spacial score (nSPS) is 20.8. The standard InChI is InChI=1S/C9H20N2OS/c1-12-11-7-5-10(6-8-11)4-2-3-9-13/h13H,2-9H2,1H3. The topological polar surface area (TPSA) is 15.7 Å². The lowest BCUT2D eigenvalue weighted by Crippen LogP contribution is -2.45. The Bertz CT molecular complexity index is 124. The molecule has 0 aromatic rings. The minimum absolute atomic E-state index is 1.01. The van der Waals surface area contributed by atoms with E-state index in [-0.39, 0.29) is 0 Å². The van der Waals surface area contributed by atoms with Gasteiger partial charge in [0.25, 0.3) is 0 Å². The molecule has 3 nitrogen and oxygen atoms in total. The SMILES string of the molecule is CON1CCN(CCCCS)CC1. The molecule has 0 unspecified atom stereocenters. The lowest BCUT2D eigenvalue weighted by Gasteiger charge is -2.32. The van der Waals surface area contributed by atoms with Gasteiger partial charge < -0.3 is 9.74 Å². The maximum absolute atomic E-state index is 5.16. The molecule has 78 valence electrons. The van der Waals surface area contributed by atoms with Crippen molar-refractivity contribution in [2.45, 2.75) is 12.8 Å². The number of hydroxylamine groups is 2. The van der Waals surface area contributed by atoms with E-state index in [2.05, 4.69) is 17.5 Å². The van der Waals surface area contributed by atoms with Gasteiger partial charge in [-0.25, -0.2) is 0 Å². The van der Waals surface area contributed by atoms with E-state index in [1.165, 1.54) is 19.4 Å². The van der Waals surface area contributed by atoms with Crippen LogP contribution in [0.5, 0.6) is 0 Å². The van der Waals surface area contributed by atoms with Gasteiger partial charge in [-0.05, 0) is 25.1 Å². The van der Waals surface area contributed by atoms with Crippen molar-refractivity contribution in [3.63, 3.8) is 0 Å². The molecule has 1 aliphatic heterocycles. The molecule has 4 heteroatoms. The third-order valence-electron chi connectivity index (χ3n) is 2.47. The molecule has 0 spiro atoms. The minimum atomic E-state index is 1.01.